The zero-order chi connectivity index (χ0) is 17.9. The van der Waals surface area contributed by atoms with Crippen LogP contribution in [0.15, 0.2) is 12.4 Å². The Labute approximate surface area is 155 Å². The summed E-state index contributed by atoms with van der Waals surface area (Å²) in [5.41, 5.74) is 1.01. The SMILES string of the molecule is Cc1cc(N(C2CC2)C2CCN(C(=O)NC3CCOCC3)CC2)ncn1. The van der Waals surface area contributed by atoms with Crippen molar-refractivity contribution in [1.82, 2.24) is 20.2 Å². The van der Waals surface area contributed by atoms with Crippen LogP contribution in [0.3, 0.4) is 0 Å². The summed E-state index contributed by atoms with van der Waals surface area (Å²) < 4.78 is 5.37. The lowest BCUT2D eigenvalue weighted by Gasteiger charge is -2.40. The molecule has 1 saturated carbocycles. The van der Waals surface area contributed by atoms with Crippen molar-refractivity contribution in [1.29, 1.82) is 0 Å². The molecule has 2 saturated heterocycles. The number of rotatable bonds is 4. The summed E-state index contributed by atoms with van der Waals surface area (Å²) >= 11 is 0. The van der Waals surface area contributed by atoms with Crippen molar-refractivity contribution in [3.05, 3.63) is 18.1 Å². The molecule has 26 heavy (non-hydrogen) atoms. The van der Waals surface area contributed by atoms with Crippen LogP contribution in [0.1, 0.15) is 44.2 Å². The molecule has 2 amide bonds. The van der Waals surface area contributed by atoms with E-state index in [0.29, 0.717) is 12.1 Å². The van der Waals surface area contributed by atoms with Gasteiger partial charge in [-0.15, -0.1) is 0 Å². The van der Waals surface area contributed by atoms with Crippen molar-refractivity contribution >= 4 is 11.8 Å². The number of carbonyl (C=O) groups is 1. The highest BCUT2D eigenvalue weighted by Gasteiger charge is 2.37. The zero-order valence-electron chi connectivity index (χ0n) is 15.6. The van der Waals surface area contributed by atoms with E-state index in [0.717, 1.165) is 63.5 Å². The number of carbonyl (C=O) groups excluding carboxylic acids is 1. The number of aromatic nitrogens is 2. The maximum absolute atomic E-state index is 12.5. The summed E-state index contributed by atoms with van der Waals surface area (Å²) in [6.45, 7) is 5.14. The largest absolute Gasteiger partial charge is 0.381 e. The van der Waals surface area contributed by atoms with Gasteiger partial charge in [0.1, 0.15) is 12.1 Å². The number of ether oxygens (including phenoxy) is 1. The first-order valence-corrected chi connectivity index (χ1v) is 9.91. The third-order valence-corrected chi connectivity index (χ3v) is 5.69. The van der Waals surface area contributed by atoms with Crippen LogP contribution in [-0.4, -0.2) is 65.3 Å². The average molecular weight is 359 g/mol. The van der Waals surface area contributed by atoms with E-state index in [1.54, 1.807) is 6.33 Å². The molecule has 1 aliphatic carbocycles. The van der Waals surface area contributed by atoms with Gasteiger partial charge in [0.2, 0.25) is 0 Å². The second-order valence-electron chi connectivity index (χ2n) is 7.71. The number of hydrogen-bond donors (Lipinski definition) is 1. The molecule has 0 aromatic carbocycles. The first-order chi connectivity index (χ1) is 12.7. The molecule has 3 aliphatic rings. The Morgan fingerprint density at radius 2 is 1.81 bits per heavy atom. The third-order valence-electron chi connectivity index (χ3n) is 5.69. The van der Waals surface area contributed by atoms with Crippen LogP contribution >= 0.6 is 0 Å². The lowest BCUT2D eigenvalue weighted by Crippen LogP contribution is -2.52. The first-order valence-electron chi connectivity index (χ1n) is 9.91. The van der Waals surface area contributed by atoms with Crippen molar-refractivity contribution in [2.45, 2.75) is 63.6 Å². The van der Waals surface area contributed by atoms with E-state index in [-0.39, 0.29) is 12.1 Å². The zero-order valence-corrected chi connectivity index (χ0v) is 15.6. The average Bonchev–Trinajstić information content (AvgIpc) is 3.48. The molecule has 1 aromatic heterocycles. The highest BCUT2D eigenvalue weighted by Crippen LogP contribution is 2.35. The van der Waals surface area contributed by atoms with Gasteiger partial charge < -0.3 is 19.9 Å². The molecule has 0 spiro atoms. The van der Waals surface area contributed by atoms with Gasteiger partial charge in [-0.2, -0.15) is 0 Å². The topological polar surface area (TPSA) is 70.6 Å². The minimum absolute atomic E-state index is 0.0891. The van der Waals surface area contributed by atoms with Crippen molar-refractivity contribution in [2.75, 3.05) is 31.2 Å². The van der Waals surface area contributed by atoms with Crippen molar-refractivity contribution in [2.24, 2.45) is 0 Å². The molecular formula is C19H29N5O2. The minimum atomic E-state index is 0.0891. The molecule has 0 unspecified atom stereocenters. The monoisotopic (exact) mass is 359 g/mol. The van der Waals surface area contributed by atoms with E-state index < -0.39 is 0 Å². The Morgan fingerprint density at radius 1 is 1.12 bits per heavy atom. The summed E-state index contributed by atoms with van der Waals surface area (Å²) in [5.74, 6) is 1.05. The molecule has 1 N–H and O–H groups in total. The maximum atomic E-state index is 12.5. The van der Waals surface area contributed by atoms with Gasteiger partial charge in [0.05, 0.1) is 0 Å². The normalized spacial score (nSPS) is 22.3. The minimum Gasteiger partial charge on any atom is -0.381 e. The molecule has 142 valence electrons. The summed E-state index contributed by atoms with van der Waals surface area (Å²) in [4.78, 5) is 25.8. The summed E-state index contributed by atoms with van der Waals surface area (Å²) in [5, 5.41) is 3.18. The maximum Gasteiger partial charge on any atom is 0.317 e. The van der Waals surface area contributed by atoms with Crippen LogP contribution in [0.4, 0.5) is 10.6 Å². The predicted octanol–water partition coefficient (Wildman–Crippen LogP) is 2.11. The van der Waals surface area contributed by atoms with Gasteiger partial charge >= 0.3 is 6.03 Å². The van der Waals surface area contributed by atoms with Gasteiger partial charge in [-0.3, -0.25) is 0 Å². The van der Waals surface area contributed by atoms with E-state index >= 15 is 0 Å². The molecule has 3 heterocycles. The van der Waals surface area contributed by atoms with Gasteiger partial charge in [0.15, 0.2) is 0 Å². The summed E-state index contributed by atoms with van der Waals surface area (Å²) in [6.07, 6.45) is 7.99. The Kier molecular flexibility index (Phi) is 5.24. The smallest absolute Gasteiger partial charge is 0.317 e. The van der Waals surface area contributed by atoms with E-state index in [1.165, 1.54) is 12.8 Å². The van der Waals surface area contributed by atoms with Crippen molar-refractivity contribution in [3.63, 3.8) is 0 Å². The molecule has 0 radical (unpaired) electrons. The lowest BCUT2D eigenvalue weighted by atomic mass is 10.0. The van der Waals surface area contributed by atoms with Gasteiger partial charge in [-0.1, -0.05) is 0 Å². The number of hydrogen-bond acceptors (Lipinski definition) is 5. The van der Waals surface area contributed by atoms with Crippen LogP contribution < -0.4 is 10.2 Å². The Bertz CT molecular complexity index is 622. The Morgan fingerprint density at radius 3 is 2.46 bits per heavy atom. The first kappa shape index (κ1) is 17.5. The van der Waals surface area contributed by atoms with Crippen molar-refractivity contribution in [3.8, 4) is 0 Å². The van der Waals surface area contributed by atoms with Gasteiger partial charge in [0.25, 0.3) is 0 Å². The summed E-state index contributed by atoms with van der Waals surface area (Å²) in [7, 11) is 0. The molecule has 0 atom stereocenters. The number of piperidine rings is 1. The number of likely N-dealkylation sites (tertiary alicyclic amines) is 1. The molecular weight excluding hydrogens is 330 g/mol. The highest BCUT2D eigenvalue weighted by molar-refractivity contribution is 5.74. The van der Waals surface area contributed by atoms with E-state index in [4.69, 9.17) is 4.74 Å². The quantitative estimate of drug-likeness (QED) is 0.891. The number of amides is 2. The van der Waals surface area contributed by atoms with E-state index in [2.05, 4.69) is 26.3 Å². The fraction of sp³-hybridized carbons (Fsp3) is 0.737. The van der Waals surface area contributed by atoms with Crippen LogP contribution in [0.5, 0.6) is 0 Å². The number of urea groups is 1. The van der Waals surface area contributed by atoms with Crippen LogP contribution in [0.2, 0.25) is 0 Å². The number of nitrogens with one attached hydrogen (secondary N) is 1. The highest BCUT2D eigenvalue weighted by atomic mass is 16.5. The molecule has 3 fully saturated rings. The fourth-order valence-corrected chi connectivity index (χ4v) is 4.06. The molecule has 4 rings (SSSR count). The van der Waals surface area contributed by atoms with Crippen LogP contribution in [0.25, 0.3) is 0 Å². The van der Waals surface area contributed by atoms with Gasteiger partial charge in [-0.05, 0) is 45.4 Å². The fourth-order valence-electron chi connectivity index (χ4n) is 4.06. The number of anilines is 1. The standard InChI is InChI=1S/C19H29N5O2/c1-14-12-18(21-13-20-14)24(16-2-3-16)17-4-8-23(9-5-17)19(25)22-15-6-10-26-11-7-15/h12-13,15-17H,2-11H2,1H3,(H,22,25). The second kappa shape index (κ2) is 7.78. The number of aryl methyl sites for hydroxylation is 1. The molecule has 7 heteroatoms. The van der Waals surface area contributed by atoms with Crippen molar-refractivity contribution < 1.29 is 9.53 Å². The Hall–Kier alpha value is -1.89. The molecule has 1 aromatic rings. The summed E-state index contributed by atoms with van der Waals surface area (Å²) in [6, 6.07) is 3.51. The Balaban J connectivity index is 1.34. The second-order valence-corrected chi connectivity index (χ2v) is 7.71. The van der Waals surface area contributed by atoms with Gasteiger partial charge in [-0.25, -0.2) is 14.8 Å². The van der Waals surface area contributed by atoms with Crippen LogP contribution in [-0.2, 0) is 4.74 Å². The number of nitrogens with zero attached hydrogens (tertiary/aromatic N) is 4. The van der Waals surface area contributed by atoms with E-state index in [9.17, 15) is 4.79 Å². The molecule has 7 nitrogen and oxygen atoms in total. The lowest BCUT2D eigenvalue weighted by molar-refractivity contribution is 0.0774. The third kappa shape index (κ3) is 4.09. The van der Waals surface area contributed by atoms with Gasteiger partial charge in [0, 0.05) is 56.2 Å². The van der Waals surface area contributed by atoms with E-state index in [1.807, 2.05) is 11.8 Å². The molecule has 0 bridgehead atoms. The van der Waals surface area contributed by atoms with Crippen LogP contribution in [0, 0.1) is 6.92 Å². The molecule has 2 aliphatic heterocycles. The predicted molar refractivity (Wildman–Crippen MR) is 99.2 cm³/mol.